The summed E-state index contributed by atoms with van der Waals surface area (Å²) in [6.07, 6.45) is 6.92. The Morgan fingerprint density at radius 3 is 1.00 bits per heavy atom. The number of carbonyl (C=O) groups excluding carboxylic acids is 1. The van der Waals surface area contributed by atoms with Gasteiger partial charge in [0.15, 0.2) is 0 Å². The molecule has 15 rings (SSSR count). The van der Waals surface area contributed by atoms with E-state index in [0.717, 1.165) is 89.5 Å². The quantitative estimate of drug-likeness (QED) is 0.137. The van der Waals surface area contributed by atoms with Crippen molar-refractivity contribution in [1.82, 2.24) is 27.4 Å². The number of benzene rings is 10. The number of urea groups is 1. The van der Waals surface area contributed by atoms with Crippen molar-refractivity contribution in [2.45, 2.75) is 13.3 Å². The summed E-state index contributed by atoms with van der Waals surface area (Å²) in [5, 5.41) is 4.64. The lowest BCUT2D eigenvalue weighted by Crippen LogP contribution is -2.31. The number of anilines is 2. The Kier molecular flexibility index (Phi) is 11.1. The van der Waals surface area contributed by atoms with Crippen LogP contribution >= 0.6 is 0 Å². The molecule has 11 heteroatoms. The Morgan fingerprint density at radius 1 is 0.333 bits per heavy atom. The molecule has 388 valence electrons. The van der Waals surface area contributed by atoms with Gasteiger partial charge in [0.1, 0.15) is 0 Å². The zero-order valence-corrected chi connectivity index (χ0v) is 44.0. The lowest BCUT2D eigenvalue weighted by atomic mass is 10.2. The van der Waals surface area contributed by atoms with Crippen LogP contribution < -0.4 is 21.2 Å². The Hall–Kier alpha value is -10.9. The Labute approximate surface area is 464 Å². The summed E-state index contributed by atoms with van der Waals surface area (Å²) in [6.45, 7) is 2.42. The molecule has 0 unspecified atom stereocenters. The first-order valence-corrected chi connectivity index (χ1v) is 27.2. The molecule has 4 aromatic heterocycles. The van der Waals surface area contributed by atoms with Gasteiger partial charge in [0, 0.05) is 44.3 Å². The predicted octanol–water partition coefficient (Wildman–Crippen LogP) is 15.4. The number of aromatic nitrogens is 6. The van der Waals surface area contributed by atoms with Crippen LogP contribution in [-0.4, -0.2) is 40.0 Å². The van der Waals surface area contributed by atoms with Gasteiger partial charge < -0.3 is 9.13 Å². The van der Waals surface area contributed by atoms with Crippen LogP contribution in [0.5, 0.6) is 0 Å². The highest BCUT2D eigenvalue weighted by Gasteiger charge is 2.36. The number of hydrogen-bond acceptors (Lipinski definition) is 3. The fraction of sp³-hybridized carbons (Fsp3) is 0.0429. The van der Waals surface area contributed by atoms with Crippen molar-refractivity contribution in [3.8, 4) is 34.1 Å². The van der Waals surface area contributed by atoms with Crippen LogP contribution in [0.3, 0.4) is 0 Å². The van der Waals surface area contributed by atoms with Crippen LogP contribution in [0.4, 0.5) is 16.2 Å². The van der Waals surface area contributed by atoms with Gasteiger partial charge in [-0.3, -0.25) is 28.1 Å². The van der Waals surface area contributed by atoms with E-state index in [0.29, 0.717) is 40.3 Å². The van der Waals surface area contributed by atoms with Crippen molar-refractivity contribution in [1.29, 1.82) is 0 Å². The number of fused-ring (bicyclic) bond motifs is 8. The molecule has 5 heterocycles. The first kappa shape index (κ1) is 47.3. The predicted molar refractivity (Wildman–Crippen MR) is 329 cm³/mol. The van der Waals surface area contributed by atoms with Gasteiger partial charge in [0.05, 0.1) is 79.1 Å². The van der Waals surface area contributed by atoms with Gasteiger partial charge in [-0.05, 0) is 134 Å². The Balaban J connectivity index is 0.804. The largest absolute Gasteiger partial charge is 0.338 e. The molecule has 1 fully saturated rings. The van der Waals surface area contributed by atoms with Crippen LogP contribution in [-0.2, 0) is 0 Å². The number of hydrogen-bond donors (Lipinski definition) is 0. The Bertz CT molecular complexity index is 4970. The van der Waals surface area contributed by atoms with Crippen molar-refractivity contribution >= 4 is 83.1 Å². The fourth-order valence-electron chi connectivity index (χ4n) is 12.3. The molecule has 0 radical (unpaired) electrons. The third-order valence-corrected chi connectivity index (χ3v) is 15.8. The van der Waals surface area contributed by atoms with Crippen molar-refractivity contribution in [2.24, 2.45) is 0 Å². The average molecular weight is 1050 g/mol. The highest BCUT2D eigenvalue weighted by atomic mass is 16.2. The van der Waals surface area contributed by atoms with E-state index < -0.39 is 0 Å². The van der Waals surface area contributed by atoms with Crippen molar-refractivity contribution in [3.63, 3.8) is 0 Å². The highest BCUT2D eigenvalue weighted by Crippen LogP contribution is 2.38. The molecule has 0 bridgehead atoms. The summed E-state index contributed by atoms with van der Waals surface area (Å²) >= 11 is 0. The normalized spacial score (nSPS) is 13.5. The van der Waals surface area contributed by atoms with Crippen molar-refractivity contribution in [3.05, 3.63) is 288 Å². The molecule has 14 aromatic rings. The number of amides is 2. The maximum atomic E-state index is 15.3. The van der Waals surface area contributed by atoms with Gasteiger partial charge in [-0.2, -0.15) is 0 Å². The molecule has 0 saturated carbocycles. The zero-order chi connectivity index (χ0) is 54.3. The van der Waals surface area contributed by atoms with E-state index in [1.165, 1.54) is 0 Å². The maximum Gasteiger partial charge on any atom is 0.338 e. The molecular formula is C70H50N8O3. The van der Waals surface area contributed by atoms with Crippen LogP contribution in [0.15, 0.2) is 276 Å². The number of rotatable bonds is 10. The molecule has 0 N–H and O–H groups in total. The molecule has 81 heavy (non-hydrogen) atoms. The van der Waals surface area contributed by atoms with Gasteiger partial charge in [-0.25, -0.2) is 14.4 Å². The second kappa shape index (κ2) is 18.9. The Morgan fingerprint density at radius 2 is 0.630 bits per heavy atom. The summed E-state index contributed by atoms with van der Waals surface area (Å²) < 4.78 is 11.4. The van der Waals surface area contributed by atoms with Gasteiger partial charge in [0.25, 0.3) is 0 Å². The maximum absolute atomic E-state index is 15.3. The molecule has 0 aliphatic carbocycles. The second-order valence-electron chi connectivity index (χ2n) is 20.4. The molecule has 0 atom stereocenters. The van der Waals surface area contributed by atoms with E-state index in [-0.39, 0.29) is 17.4 Å². The van der Waals surface area contributed by atoms with E-state index >= 15 is 14.4 Å². The molecule has 1 aliphatic rings. The van der Waals surface area contributed by atoms with E-state index in [1.54, 1.807) is 23.2 Å². The van der Waals surface area contributed by atoms with Gasteiger partial charge in [0.2, 0.25) is 0 Å². The number of imidazole rings is 2. The lowest BCUT2D eigenvalue weighted by Gasteiger charge is -2.20. The van der Waals surface area contributed by atoms with Crippen LogP contribution in [0.1, 0.15) is 13.3 Å². The summed E-state index contributed by atoms with van der Waals surface area (Å²) in [5.74, 6) is 0. The monoisotopic (exact) mass is 1050 g/mol. The van der Waals surface area contributed by atoms with E-state index in [4.69, 9.17) is 0 Å². The number of nitrogens with zero attached hydrogens (tertiary/aromatic N) is 8. The minimum atomic E-state index is -0.306. The smallest absolute Gasteiger partial charge is 0.309 e. The fourth-order valence-corrected chi connectivity index (χ4v) is 12.3. The van der Waals surface area contributed by atoms with Crippen LogP contribution in [0.25, 0.3) is 99.8 Å². The second-order valence-corrected chi connectivity index (χ2v) is 20.4. The summed E-state index contributed by atoms with van der Waals surface area (Å²) in [7, 11) is 0. The lowest BCUT2D eigenvalue weighted by molar-refractivity contribution is 0.256. The van der Waals surface area contributed by atoms with E-state index in [1.807, 2.05) is 138 Å². The summed E-state index contributed by atoms with van der Waals surface area (Å²) in [6, 6.07) is 80.4. The molecule has 0 spiro atoms. The molecule has 1 saturated heterocycles. The summed E-state index contributed by atoms with van der Waals surface area (Å²) in [4.78, 5) is 49.1. The number of para-hydroxylation sites is 8. The summed E-state index contributed by atoms with van der Waals surface area (Å²) in [5.41, 5.74) is 13.2. The van der Waals surface area contributed by atoms with Gasteiger partial charge in [-0.15, -0.1) is 0 Å². The minimum absolute atomic E-state index is 0.207. The van der Waals surface area contributed by atoms with Crippen molar-refractivity contribution in [2.75, 3.05) is 16.3 Å². The van der Waals surface area contributed by atoms with Gasteiger partial charge in [-0.1, -0.05) is 140 Å². The first-order chi connectivity index (χ1) is 39.9. The molecular weight excluding hydrogens is 1000 g/mol. The number of carbonyl (C=O) groups is 1. The van der Waals surface area contributed by atoms with Crippen LogP contribution in [0, 0.1) is 0 Å². The number of allylic oxidation sites excluding steroid dienone is 3. The molecule has 1 aliphatic heterocycles. The molecule has 11 nitrogen and oxygen atoms in total. The van der Waals surface area contributed by atoms with E-state index in [2.05, 4.69) is 143 Å². The molecule has 2 amide bonds. The van der Waals surface area contributed by atoms with Gasteiger partial charge >= 0.3 is 17.4 Å². The standard InChI is InChI=1S/C70H50N8O3/c1-2-3-4-21-55-46-71(47-22-17-24-49(42-47)73-60-34-9-5-30-56(60)57-31-6-10-35-61(57)73)68(79)72(55)48-23-18-26-51(43-48)75-64-38-13-15-40-66(64)77(69(75)80)53-28-20-29-54(45-53)78-67-41-16-14-39-65(67)76(70(78)81)52-27-19-25-50(44-52)74-62-36-11-7-32-58(62)59-33-8-12-37-63(59)74/h3-45H,2,46H2,1H3/b4-3-,55-21+. The van der Waals surface area contributed by atoms with Crippen LogP contribution in [0.2, 0.25) is 0 Å². The van der Waals surface area contributed by atoms with Crippen molar-refractivity contribution < 1.29 is 4.79 Å². The first-order valence-electron chi connectivity index (χ1n) is 27.2. The highest BCUT2D eigenvalue weighted by molar-refractivity contribution is 6.12. The minimum Gasteiger partial charge on any atom is -0.309 e. The zero-order valence-electron chi connectivity index (χ0n) is 44.0. The topological polar surface area (TPSA) is 87.3 Å². The third kappa shape index (κ3) is 7.47. The molecule has 10 aromatic carbocycles. The van der Waals surface area contributed by atoms with E-state index in [9.17, 15) is 0 Å². The SMILES string of the molecule is CC/C=C\C=C1/CN(c2cccc(-n3c4ccccc4c4ccccc43)c2)C(=O)N1c1cccc(-n2c(=O)n(-c3cccc(-n4c(=O)n(-c5cccc(-n6c7ccccc7c7ccccc76)c5)c5ccccc54)c3)c3ccccc32)c1. The third-order valence-electron chi connectivity index (χ3n) is 15.8. The average Bonchev–Trinajstić information content (AvgIpc) is 4.41.